The van der Waals surface area contributed by atoms with Crippen molar-refractivity contribution in [2.45, 2.75) is 20.3 Å². The Hall–Kier alpha value is -3.73. The molecule has 4 aromatic rings. The normalized spacial score (nSPS) is 10.8. The maximum atomic E-state index is 13.0. The van der Waals surface area contributed by atoms with Crippen molar-refractivity contribution in [2.75, 3.05) is 5.32 Å². The number of para-hydroxylation sites is 1. The Balaban J connectivity index is 1.63. The highest BCUT2D eigenvalue weighted by Gasteiger charge is 2.12. The van der Waals surface area contributed by atoms with Crippen molar-refractivity contribution < 1.29 is 4.79 Å². The van der Waals surface area contributed by atoms with E-state index in [1.165, 1.54) is 0 Å². The van der Waals surface area contributed by atoms with Gasteiger partial charge in [0.05, 0.1) is 23.0 Å². The van der Waals surface area contributed by atoms with Gasteiger partial charge in [-0.3, -0.25) is 14.2 Å². The molecule has 1 amide bonds. The number of anilines is 1. The number of benzene rings is 3. The van der Waals surface area contributed by atoms with Gasteiger partial charge in [-0.2, -0.15) is 0 Å². The van der Waals surface area contributed by atoms with Crippen LogP contribution in [0, 0.1) is 13.8 Å². The van der Waals surface area contributed by atoms with Crippen molar-refractivity contribution in [1.82, 2.24) is 9.55 Å². The maximum Gasteiger partial charge on any atom is 0.265 e. The molecule has 3 aromatic carbocycles. The zero-order valence-electron chi connectivity index (χ0n) is 16.3. The molecule has 1 aromatic heterocycles. The van der Waals surface area contributed by atoms with Crippen molar-refractivity contribution in [3.63, 3.8) is 0 Å². The number of fused-ring (bicyclic) bond motifs is 1. The Labute approximate surface area is 168 Å². The van der Waals surface area contributed by atoms with Gasteiger partial charge in [-0.05, 0) is 55.3 Å². The fraction of sp³-hybridized carbons (Fsp3) is 0.125. The van der Waals surface area contributed by atoms with E-state index in [0.717, 1.165) is 22.5 Å². The van der Waals surface area contributed by atoms with Crippen LogP contribution in [0.2, 0.25) is 0 Å². The number of carbonyl (C=O) groups excluding carboxylic acids is 1. The summed E-state index contributed by atoms with van der Waals surface area (Å²) in [5, 5.41) is 3.53. The smallest absolute Gasteiger partial charge is 0.265 e. The minimum Gasteiger partial charge on any atom is -0.326 e. The molecule has 0 bridgehead atoms. The van der Waals surface area contributed by atoms with Gasteiger partial charge in [-0.15, -0.1) is 0 Å². The van der Waals surface area contributed by atoms with E-state index in [2.05, 4.69) is 10.3 Å². The Morgan fingerprint density at radius 3 is 2.45 bits per heavy atom. The topological polar surface area (TPSA) is 64.0 Å². The molecule has 5 heteroatoms. The predicted octanol–water partition coefficient (Wildman–Crippen LogP) is 4.18. The molecular formula is C24H21N3O2. The van der Waals surface area contributed by atoms with Crippen LogP contribution in [-0.2, 0) is 11.2 Å². The third kappa shape index (κ3) is 3.80. The van der Waals surface area contributed by atoms with E-state index < -0.39 is 0 Å². The number of hydrogen-bond donors (Lipinski definition) is 1. The van der Waals surface area contributed by atoms with Crippen molar-refractivity contribution >= 4 is 22.5 Å². The molecule has 29 heavy (non-hydrogen) atoms. The molecule has 0 aliphatic carbocycles. The molecule has 0 atom stereocenters. The van der Waals surface area contributed by atoms with E-state index in [1.807, 2.05) is 80.6 Å². The maximum absolute atomic E-state index is 13.0. The summed E-state index contributed by atoms with van der Waals surface area (Å²) in [6.45, 7) is 3.73. The first kappa shape index (κ1) is 18.6. The number of aromatic nitrogens is 2. The summed E-state index contributed by atoms with van der Waals surface area (Å²) in [7, 11) is 0. The Morgan fingerprint density at radius 1 is 0.966 bits per heavy atom. The lowest BCUT2D eigenvalue weighted by Gasteiger charge is -2.14. The van der Waals surface area contributed by atoms with Crippen LogP contribution in [-0.4, -0.2) is 15.5 Å². The summed E-state index contributed by atoms with van der Waals surface area (Å²) in [5.41, 5.74) is 3.88. The molecule has 0 aliphatic rings. The number of hydrogen-bond acceptors (Lipinski definition) is 3. The lowest BCUT2D eigenvalue weighted by atomic mass is 10.1. The first-order chi connectivity index (χ1) is 14.0. The van der Waals surface area contributed by atoms with Crippen LogP contribution in [0.4, 0.5) is 5.69 Å². The second-order valence-electron chi connectivity index (χ2n) is 7.03. The van der Waals surface area contributed by atoms with Crippen LogP contribution in [0.3, 0.4) is 0 Å². The van der Waals surface area contributed by atoms with Gasteiger partial charge < -0.3 is 5.32 Å². The van der Waals surface area contributed by atoms with Crippen LogP contribution in [0.25, 0.3) is 16.6 Å². The quantitative estimate of drug-likeness (QED) is 0.575. The molecule has 0 fully saturated rings. The minimum atomic E-state index is -0.103. The van der Waals surface area contributed by atoms with Crippen LogP contribution in [0.5, 0.6) is 0 Å². The van der Waals surface area contributed by atoms with Gasteiger partial charge in [-0.25, -0.2) is 4.98 Å². The molecule has 0 aliphatic heterocycles. The molecule has 1 N–H and O–H groups in total. The molecular weight excluding hydrogens is 362 g/mol. The van der Waals surface area contributed by atoms with Gasteiger partial charge in [0, 0.05) is 5.69 Å². The second-order valence-corrected chi connectivity index (χ2v) is 7.03. The van der Waals surface area contributed by atoms with Crippen LogP contribution < -0.4 is 10.9 Å². The minimum absolute atomic E-state index is 0.0761. The first-order valence-corrected chi connectivity index (χ1v) is 9.46. The van der Waals surface area contributed by atoms with Gasteiger partial charge in [0.25, 0.3) is 5.56 Å². The van der Waals surface area contributed by atoms with Crippen molar-refractivity contribution in [3.8, 4) is 5.69 Å². The number of aryl methyl sites for hydroxylation is 2. The number of carbonyl (C=O) groups is 1. The number of rotatable bonds is 4. The summed E-state index contributed by atoms with van der Waals surface area (Å²) in [5.74, 6) is 0.543. The fourth-order valence-corrected chi connectivity index (χ4v) is 3.45. The van der Waals surface area contributed by atoms with E-state index >= 15 is 0 Å². The molecule has 1 heterocycles. The fourth-order valence-electron chi connectivity index (χ4n) is 3.45. The zero-order chi connectivity index (χ0) is 20.4. The summed E-state index contributed by atoms with van der Waals surface area (Å²) in [6.07, 6.45) is 0.315. The Kier molecular flexibility index (Phi) is 4.96. The summed E-state index contributed by atoms with van der Waals surface area (Å²) < 4.78 is 1.60. The third-order valence-electron chi connectivity index (χ3n) is 4.89. The molecule has 0 saturated carbocycles. The highest BCUT2D eigenvalue weighted by atomic mass is 16.1. The first-order valence-electron chi connectivity index (χ1n) is 9.46. The van der Waals surface area contributed by atoms with Crippen molar-refractivity contribution in [3.05, 3.63) is 100 Å². The Bertz CT molecular complexity index is 1260. The second kappa shape index (κ2) is 7.72. The molecule has 0 unspecified atom stereocenters. The molecule has 0 radical (unpaired) electrons. The lowest BCUT2D eigenvalue weighted by Crippen LogP contribution is -2.22. The van der Waals surface area contributed by atoms with Crippen molar-refractivity contribution in [1.29, 1.82) is 0 Å². The Morgan fingerprint density at radius 2 is 1.69 bits per heavy atom. The zero-order valence-corrected chi connectivity index (χ0v) is 16.3. The van der Waals surface area contributed by atoms with Gasteiger partial charge in [-0.1, -0.05) is 42.5 Å². The highest BCUT2D eigenvalue weighted by molar-refractivity contribution is 5.93. The van der Waals surface area contributed by atoms with Gasteiger partial charge in [0.1, 0.15) is 5.82 Å². The van der Waals surface area contributed by atoms with Crippen LogP contribution >= 0.6 is 0 Å². The number of nitrogens with zero attached hydrogens (tertiary/aromatic N) is 2. The molecule has 5 nitrogen and oxygen atoms in total. The standard InChI is InChI=1S/C24H21N3O2/c1-16-14-19(27-17(2)25-22-11-7-6-10-20(22)24(27)29)12-13-21(16)26-23(28)15-18-8-4-3-5-9-18/h3-14H,15H2,1-2H3,(H,26,28). The van der Waals surface area contributed by atoms with Gasteiger partial charge in [0.15, 0.2) is 0 Å². The number of nitrogens with one attached hydrogen (secondary N) is 1. The van der Waals surface area contributed by atoms with Gasteiger partial charge in [0.2, 0.25) is 5.91 Å². The van der Waals surface area contributed by atoms with Gasteiger partial charge >= 0.3 is 0 Å². The van der Waals surface area contributed by atoms with Crippen LogP contribution in [0.15, 0.2) is 77.6 Å². The third-order valence-corrected chi connectivity index (χ3v) is 4.89. The van der Waals surface area contributed by atoms with E-state index in [0.29, 0.717) is 23.1 Å². The van der Waals surface area contributed by atoms with E-state index in [4.69, 9.17) is 0 Å². The molecule has 4 rings (SSSR count). The molecule has 144 valence electrons. The largest absolute Gasteiger partial charge is 0.326 e. The monoisotopic (exact) mass is 383 g/mol. The summed E-state index contributed by atoms with van der Waals surface area (Å²) in [6, 6.07) is 22.5. The SMILES string of the molecule is Cc1cc(-n2c(C)nc3ccccc3c2=O)ccc1NC(=O)Cc1ccccc1. The average molecular weight is 383 g/mol. The average Bonchev–Trinajstić information content (AvgIpc) is 2.71. The summed E-state index contributed by atoms with van der Waals surface area (Å²) >= 11 is 0. The lowest BCUT2D eigenvalue weighted by molar-refractivity contribution is -0.115. The van der Waals surface area contributed by atoms with Crippen LogP contribution in [0.1, 0.15) is 17.0 Å². The number of amides is 1. The van der Waals surface area contributed by atoms with E-state index in [9.17, 15) is 9.59 Å². The molecule has 0 spiro atoms. The highest BCUT2D eigenvalue weighted by Crippen LogP contribution is 2.20. The molecule has 0 saturated heterocycles. The van der Waals surface area contributed by atoms with E-state index in [1.54, 1.807) is 10.6 Å². The predicted molar refractivity (Wildman–Crippen MR) is 116 cm³/mol. The van der Waals surface area contributed by atoms with Crippen molar-refractivity contribution in [2.24, 2.45) is 0 Å². The van der Waals surface area contributed by atoms with E-state index in [-0.39, 0.29) is 11.5 Å². The summed E-state index contributed by atoms with van der Waals surface area (Å²) in [4.78, 5) is 29.9.